The zero-order chi connectivity index (χ0) is 24.6. The molecule has 1 atom stereocenters. The normalized spacial score (nSPS) is 17.8. The molecule has 0 spiro atoms. The lowest BCUT2D eigenvalue weighted by molar-refractivity contribution is -0.274. The number of carbonyl (C=O) groups excluding carboxylic acids is 2. The lowest BCUT2D eigenvalue weighted by Gasteiger charge is -2.26. The first-order chi connectivity index (χ1) is 16.1. The van der Waals surface area contributed by atoms with Crippen molar-refractivity contribution in [3.63, 3.8) is 0 Å². The van der Waals surface area contributed by atoms with Crippen LogP contribution in [0.25, 0.3) is 5.76 Å². The Bertz CT molecular complexity index is 1300. The molecule has 9 heteroatoms. The van der Waals surface area contributed by atoms with Gasteiger partial charge in [0.1, 0.15) is 11.5 Å². The van der Waals surface area contributed by atoms with Crippen LogP contribution in [-0.2, 0) is 9.59 Å². The van der Waals surface area contributed by atoms with E-state index in [4.69, 9.17) is 0 Å². The summed E-state index contributed by atoms with van der Waals surface area (Å²) in [6, 6.07) is 12.1. The third-order valence-electron chi connectivity index (χ3n) is 5.44. The maximum atomic E-state index is 13.2. The number of benzene rings is 2. The summed E-state index contributed by atoms with van der Waals surface area (Å²) in [5, 5.41) is 11.2. The number of aromatic nitrogens is 1. The van der Waals surface area contributed by atoms with Crippen LogP contribution < -0.4 is 9.64 Å². The fraction of sp³-hybridized carbons (Fsp3) is 0.160. The zero-order valence-corrected chi connectivity index (χ0v) is 18.1. The Labute approximate surface area is 192 Å². The summed E-state index contributed by atoms with van der Waals surface area (Å²) < 4.78 is 42.2. The lowest BCUT2D eigenvalue weighted by Crippen LogP contribution is -2.29. The number of amides is 1. The number of Topliss-reactive ketones (excluding diaryl/α,β-unsaturated/α-hetero) is 1. The number of ketones is 1. The van der Waals surface area contributed by atoms with E-state index in [2.05, 4.69) is 9.72 Å². The second-order valence-corrected chi connectivity index (χ2v) is 7.81. The number of aliphatic hydroxyl groups is 1. The number of anilines is 1. The van der Waals surface area contributed by atoms with E-state index in [1.807, 2.05) is 13.0 Å². The van der Waals surface area contributed by atoms with Gasteiger partial charge in [-0.15, -0.1) is 13.2 Å². The van der Waals surface area contributed by atoms with E-state index in [-0.39, 0.29) is 17.0 Å². The van der Waals surface area contributed by atoms with Crippen LogP contribution in [-0.4, -0.2) is 28.1 Å². The smallest absolute Gasteiger partial charge is 0.507 e. The highest BCUT2D eigenvalue weighted by atomic mass is 19.4. The van der Waals surface area contributed by atoms with Crippen molar-refractivity contribution in [2.24, 2.45) is 0 Å². The molecule has 1 aliphatic heterocycles. The summed E-state index contributed by atoms with van der Waals surface area (Å²) >= 11 is 0. The van der Waals surface area contributed by atoms with E-state index < -0.39 is 29.8 Å². The number of nitrogens with zero attached hydrogens (tertiary/aromatic N) is 2. The van der Waals surface area contributed by atoms with Gasteiger partial charge in [-0.3, -0.25) is 19.5 Å². The van der Waals surface area contributed by atoms with Crippen molar-refractivity contribution in [2.75, 3.05) is 4.90 Å². The van der Waals surface area contributed by atoms with Crippen molar-refractivity contribution in [3.05, 3.63) is 94.8 Å². The van der Waals surface area contributed by atoms with Gasteiger partial charge < -0.3 is 9.84 Å². The molecule has 174 valence electrons. The average molecular weight is 468 g/mol. The Morgan fingerprint density at radius 2 is 1.74 bits per heavy atom. The van der Waals surface area contributed by atoms with Gasteiger partial charge in [-0.25, -0.2) is 0 Å². The quantitative estimate of drug-likeness (QED) is 0.323. The van der Waals surface area contributed by atoms with Crippen LogP contribution in [0.15, 0.2) is 72.6 Å². The minimum atomic E-state index is -4.93. The second kappa shape index (κ2) is 8.66. The maximum absolute atomic E-state index is 13.2. The fourth-order valence-corrected chi connectivity index (χ4v) is 3.93. The number of ether oxygens (including phenoxy) is 1. The summed E-state index contributed by atoms with van der Waals surface area (Å²) in [6.07, 6.45) is -2.02. The first-order valence-electron chi connectivity index (χ1n) is 10.2. The van der Waals surface area contributed by atoms with Gasteiger partial charge in [0.05, 0.1) is 11.6 Å². The maximum Gasteiger partial charge on any atom is 0.573 e. The molecule has 1 saturated heterocycles. The lowest BCUT2D eigenvalue weighted by atomic mass is 9.93. The van der Waals surface area contributed by atoms with Crippen molar-refractivity contribution < 1.29 is 32.6 Å². The number of aryl methyl sites for hydroxylation is 2. The molecular weight excluding hydrogens is 449 g/mol. The van der Waals surface area contributed by atoms with Crippen LogP contribution in [0.5, 0.6) is 5.75 Å². The minimum Gasteiger partial charge on any atom is -0.507 e. The molecule has 0 radical (unpaired) electrons. The summed E-state index contributed by atoms with van der Waals surface area (Å²) in [4.78, 5) is 31.3. The number of alkyl halides is 3. The number of halogens is 3. The van der Waals surface area contributed by atoms with Crippen LogP contribution in [0.1, 0.15) is 28.3 Å². The Morgan fingerprint density at radius 3 is 2.41 bits per heavy atom. The van der Waals surface area contributed by atoms with Gasteiger partial charge in [-0.1, -0.05) is 23.8 Å². The summed E-state index contributed by atoms with van der Waals surface area (Å²) in [6.45, 7) is 3.57. The van der Waals surface area contributed by atoms with Crippen LogP contribution in [0.4, 0.5) is 18.9 Å². The standard InChI is InChI=1S/C25H19F3N2O4/c1-14-6-7-15(2)19(12-14)22(31)20-21(16-8-10-29-11-9-16)30(24(33)23(20)32)17-4-3-5-18(13-17)34-25(26,27)28/h3-13,21,31H,1-2H3/b22-20+. The first kappa shape index (κ1) is 23.0. The van der Waals surface area contributed by atoms with Gasteiger partial charge in [0, 0.05) is 29.7 Å². The number of rotatable bonds is 4. The van der Waals surface area contributed by atoms with Gasteiger partial charge in [-0.2, -0.15) is 0 Å². The van der Waals surface area contributed by atoms with Crippen LogP contribution in [0.2, 0.25) is 0 Å². The average Bonchev–Trinajstić information content (AvgIpc) is 3.05. The Balaban J connectivity index is 1.92. The third kappa shape index (κ3) is 4.36. The van der Waals surface area contributed by atoms with Gasteiger partial charge in [0.15, 0.2) is 0 Å². The molecule has 1 amide bonds. The van der Waals surface area contributed by atoms with E-state index in [0.29, 0.717) is 16.7 Å². The zero-order valence-electron chi connectivity index (χ0n) is 18.1. The minimum absolute atomic E-state index is 0.00526. The number of aliphatic hydroxyl groups excluding tert-OH is 1. The number of carbonyl (C=O) groups is 2. The van der Waals surface area contributed by atoms with Crippen molar-refractivity contribution >= 4 is 23.1 Å². The number of hydrogen-bond acceptors (Lipinski definition) is 5. The SMILES string of the molecule is Cc1ccc(C)c(/C(O)=C2\C(=O)C(=O)N(c3cccc(OC(F)(F)F)c3)C2c2ccncc2)c1. The molecule has 34 heavy (non-hydrogen) atoms. The van der Waals surface area contributed by atoms with Crippen molar-refractivity contribution in [1.82, 2.24) is 4.98 Å². The van der Waals surface area contributed by atoms with E-state index in [1.165, 1.54) is 24.5 Å². The Morgan fingerprint density at radius 1 is 1.03 bits per heavy atom. The molecule has 1 aromatic heterocycles. The summed E-state index contributed by atoms with van der Waals surface area (Å²) in [5.41, 5.74) is 2.18. The summed E-state index contributed by atoms with van der Waals surface area (Å²) in [5.74, 6) is -2.86. The van der Waals surface area contributed by atoms with Crippen molar-refractivity contribution in [1.29, 1.82) is 0 Å². The van der Waals surface area contributed by atoms with Gasteiger partial charge >= 0.3 is 6.36 Å². The van der Waals surface area contributed by atoms with E-state index in [1.54, 1.807) is 31.2 Å². The van der Waals surface area contributed by atoms with Gasteiger partial charge in [-0.05, 0) is 55.3 Å². The predicted octanol–water partition coefficient (Wildman–Crippen LogP) is 5.22. The van der Waals surface area contributed by atoms with E-state index in [9.17, 15) is 27.9 Å². The van der Waals surface area contributed by atoms with E-state index >= 15 is 0 Å². The molecule has 0 bridgehead atoms. The van der Waals surface area contributed by atoms with Gasteiger partial charge in [0.2, 0.25) is 0 Å². The molecule has 2 aromatic carbocycles. The predicted molar refractivity (Wildman–Crippen MR) is 118 cm³/mol. The molecular formula is C25H19F3N2O4. The molecule has 1 aliphatic rings. The van der Waals surface area contributed by atoms with Crippen molar-refractivity contribution in [3.8, 4) is 5.75 Å². The number of pyridine rings is 1. The fourth-order valence-electron chi connectivity index (χ4n) is 3.93. The molecule has 6 nitrogen and oxygen atoms in total. The van der Waals surface area contributed by atoms with Crippen molar-refractivity contribution in [2.45, 2.75) is 26.3 Å². The Hall–Kier alpha value is -4.14. The third-order valence-corrected chi connectivity index (χ3v) is 5.44. The molecule has 1 unspecified atom stereocenters. The molecule has 4 rings (SSSR count). The Kier molecular flexibility index (Phi) is 5.87. The first-order valence-corrected chi connectivity index (χ1v) is 10.2. The highest BCUT2D eigenvalue weighted by molar-refractivity contribution is 6.51. The molecule has 1 fully saturated rings. The molecule has 0 saturated carbocycles. The van der Waals surface area contributed by atoms with Crippen LogP contribution in [0.3, 0.4) is 0 Å². The molecule has 1 N–H and O–H groups in total. The summed E-state index contributed by atoms with van der Waals surface area (Å²) in [7, 11) is 0. The topological polar surface area (TPSA) is 79.7 Å². The molecule has 0 aliphatic carbocycles. The van der Waals surface area contributed by atoms with Crippen LogP contribution >= 0.6 is 0 Å². The van der Waals surface area contributed by atoms with Gasteiger partial charge in [0.25, 0.3) is 11.7 Å². The molecule has 3 aromatic rings. The second-order valence-electron chi connectivity index (χ2n) is 7.81. The highest BCUT2D eigenvalue weighted by Gasteiger charge is 2.47. The monoisotopic (exact) mass is 468 g/mol. The van der Waals surface area contributed by atoms with Crippen LogP contribution in [0, 0.1) is 13.8 Å². The highest BCUT2D eigenvalue weighted by Crippen LogP contribution is 2.43. The number of hydrogen-bond donors (Lipinski definition) is 1. The van der Waals surface area contributed by atoms with E-state index in [0.717, 1.165) is 22.6 Å². The molecule has 2 heterocycles. The largest absolute Gasteiger partial charge is 0.573 e.